The molecule has 104 valence electrons. The maximum Gasteiger partial charge on any atom is 0.129 e. The zero-order chi connectivity index (χ0) is 13.6. The molecule has 3 rings (SSSR count). The average molecular weight is 262 g/mol. The molecule has 19 heavy (non-hydrogen) atoms. The molecule has 1 aromatic carbocycles. The molecule has 0 radical (unpaired) electrons. The van der Waals surface area contributed by atoms with Crippen molar-refractivity contribution in [2.75, 3.05) is 0 Å². The number of hydrogen-bond acceptors (Lipinski definition) is 2. The van der Waals surface area contributed by atoms with Gasteiger partial charge in [-0.3, -0.25) is 4.90 Å². The number of nitrogens with zero attached hydrogens (tertiary/aromatic N) is 1. The summed E-state index contributed by atoms with van der Waals surface area (Å²) in [6.07, 6.45) is 4.79. The van der Waals surface area contributed by atoms with Gasteiger partial charge < -0.3 is 5.73 Å². The molecule has 0 spiro atoms. The summed E-state index contributed by atoms with van der Waals surface area (Å²) in [6.45, 7) is 4.66. The van der Waals surface area contributed by atoms with Gasteiger partial charge >= 0.3 is 0 Å². The van der Waals surface area contributed by atoms with E-state index in [1.165, 1.54) is 18.4 Å². The first kappa shape index (κ1) is 13.1. The van der Waals surface area contributed by atoms with E-state index in [1.54, 1.807) is 0 Å². The number of aryl methyl sites for hydroxylation is 2. The predicted octanol–water partition coefficient (Wildman–Crippen LogP) is 2.90. The van der Waals surface area contributed by atoms with E-state index in [0.29, 0.717) is 18.1 Å². The summed E-state index contributed by atoms with van der Waals surface area (Å²) in [4.78, 5) is 2.59. The smallest absolute Gasteiger partial charge is 0.129 e. The van der Waals surface area contributed by atoms with Crippen LogP contribution in [0.25, 0.3) is 0 Å². The highest BCUT2D eigenvalue weighted by Gasteiger charge is 2.39. The first-order chi connectivity index (χ1) is 9.04. The van der Waals surface area contributed by atoms with Crippen molar-refractivity contribution < 1.29 is 4.39 Å². The van der Waals surface area contributed by atoms with Crippen LogP contribution in [0.15, 0.2) is 12.1 Å². The first-order valence-electron chi connectivity index (χ1n) is 7.31. The number of hydrogen-bond donors (Lipinski definition) is 1. The van der Waals surface area contributed by atoms with Gasteiger partial charge in [0.1, 0.15) is 5.82 Å². The standard InChI is InChI=1S/C16H23FN2/c1-10-5-12(6-11(2)16(10)17)9-19-14-3-4-15(19)8-13(18)7-14/h5-6,13-15H,3-4,7-9,18H2,1-2H3. The summed E-state index contributed by atoms with van der Waals surface area (Å²) in [6, 6.07) is 5.65. The largest absolute Gasteiger partial charge is 0.328 e. The Morgan fingerprint density at radius 1 is 1.16 bits per heavy atom. The van der Waals surface area contributed by atoms with Crippen LogP contribution < -0.4 is 5.73 Å². The van der Waals surface area contributed by atoms with Gasteiger partial charge in [0, 0.05) is 24.7 Å². The third-order valence-electron chi connectivity index (χ3n) is 4.78. The van der Waals surface area contributed by atoms with Crippen LogP contribution in [0, 0.1) is 19.7 Å². The van der Waals surface area contributed by atoms with Crippen LogP contribution in [0.4, 0.5) is 4.39 Å². The van der Waals surface area contributed by atoms with Crippen molar-refractivity contribution >= 4 is 0 Å². The zero-order valence-electron chi connectivity index (χ0n) is 11.8. The SMILES string of the molecule is Cc1cc(CN2C3CCC2CC(N)C3)cc(C)c1F. The van der Waals surface area contributed by atoms with E-state index in [2.05, 4.69) is 4.90 Å². The van der Waals surface area contributed by atoms with Gasteiger partial charge in [-0.1, -0.05) is 12.1 Å². The second-order valence-electron chi connectivity index (χ2n) is 6.33. The molecule has 3 heteroatoms. The van der Waals surface area contributed by atoms with Crippen molar-refractivity contribution in [3.63, 3.8) is 0 Å². The lowest BCUT2D eigenvalue weighted by molar-refractivity contribution is 0.120. The molecule has 2 unspecified atom stereocenters. The number of nitrogens with two attached hydrogens (primary N) is 1. The molecule has 2 fully saturated rings. The molecule has 1 aromatic rings. The van der Waals surface area contributed by atoms with Crippen molar-refractivity contribution in [1.29, 1.82) is 0 Å². The van der Waals surface area contributed by atoms with E-state index in [1.807, 2.05) is 26.0 Å². The number of benzene rings is 1. The van der Waals surface area contributed by atoms with Gasteiger partial charge in [-0.25, -0.2) is 4.39 Å². The summed E-state index contributed by atoms with van der Waals surface area (Å²) in [5.41, 5.74) is 8.86. The summed E-state index contributed by atoms with van der Waals surface area (Å²) in [5.74, 6) is -0.0626. The van der Waals surface area contributed by atoms with Crippen molar-refractivity contribution in [2.24, 2.45) is 5.73 Å². The van der Waals surface area contributed by atoms with Gasteiger partial charge in [0.2, 0.25) is 0 Å². The van der Waals surface area contributed by atoms with Crippen LogP contribution in [0.1, 0.15) is 42.4 Å². The van der Waals surface area contributed by atoms with E-state index >= 15 is 0 Å². The second-order valence-corrected chi connectivity index (χ2v) is 6.33. The normalized spacial score (nSPS) is 30.8. The van der Waals surface area contributed by atoms with E-state index < -0.39 is 0 Å². The minimum Gasteiger partial charge on any atom is -0.328 e. The summed E-state index contributed by atoms with van der Waals surface area (Å²) < 4.78 is 13.7. The fourth-order valence-electron chi connectivity index (χ4n) is 3.91. The number of halogens is 1. The lowest BCUT2D eigenvalue weighted by atomic mass is 9.97. The molecule has 0 amide bonds. The summed E-state index contributed by atoms with van der Waals surface area (Å²) >= 11 is 0. The third-order valence-corrected chi connectivity index (χ3v) is 4.78. The Labute approximate surface area is 114 Å². The highest BCUT2D eigenvalue weighted by molar-refractivity contribution is 5.30. The highest BCUT2D eigenvalue weighted by Crippen LogP contribution is 2.36. The maximum absolute atomic E-state index is 13.7. The average Bonchev–Trinajstić information content (AvgIpc) is 2.59. The fraction of sp³-hybridized carbons (Fsp3) is 0.625. The highest BCUT2D eigenvalue weighted by atomic mass is 19.1. The van der Waals surface area contributed by atoms with Crippen LogP contribution in [-0.2, 0) is 6.54 Å². The summed E-state index contributed by atoms with van der Waals surface area (Å²) in [5, 5.41) is 0. The van der Waals surface area contributed by atoms with Crippen molar-refractivity contribution in [3.05, 3.63) is 34.6 Å². The Balaban J connectivity index is 1.79. The second kappa shape index (κ2) is 4.88. The lowest BCUT2D eigenvalue weighted by Crippen LogP contribution is -2.46. The predicted molar refractivity (Wildman–Crippen MR) is 75.4 cm³/mol. The van der Waals surface area contributed by atoms with Crippen molar-refractivity contribution in [2.45, 2.75) is 64.2 Å². The topological polar surface area (TPSA) is 29.3 Å². The molecule has 0 aliphatic carbocycles. The Kier molecular flexibility index (Phi) is 3.35. The van der Waals surface area contributed by atoms with E-state index in [9.17, 15) is 4.39 Å². The van der Waals surface area contributed by atoms with E-state index in [-0.39, 0.29) is 5.82 Å². The van der Waals surface area contributed by atoms with Crippen LogP contribution in [-0.4, -0.2) is 23.0 Å². The number of fused-ring (bicyclic) bond motifs is 2. The molecule has 2 N–H and O–H groups in total. The molecule has 2 saturated heterocycles. The number of rotatable bonds is 2. The Hall–Kier alpha value is -0.930. The summed E-state index contributed by atoms with van der Waals surface area (Å²) in [7, 11) is 0. The Morgan fingerprint density at radius 3 is 2.21 bits per heavy atom. The minimum atomic E-state index is -0.0626. The molecule has 2 nitrogen and oxygen atoms in total. The Bertz CT molecular complexity index is 449. The van der Waals surface area contributed by atoms with E-state index in [4.69, 9.17) is 5.73 Å². The molecule has 2 heterocycles. The van der Waals surface area contributed by atoms with Gasteiger partial charge in [-0.2, -0.15) is 0 Å². The maximum atomic E-state index is 13.7. The van der Waals surface area contributed by atoms with Gasteiger partial charge in [0.05, 0.1) is 0 Å². The molecular weight excluding hydrogens is 239 g/mol. The third kappa shape index (κ3) is 2.41. The Morgan fingerprint density at radius 2 is 1.68 bits per heavy atom. The molecule has 0 aromatic heterocycles. The minimum absolute atomic E-state index is 0.0626. The van der Waals surface area contributed by atoms with Crippen LogP contribution in [0.2, 0.25) is 0 Å². The van der Waals surface area contributed by atoms with Crippen LogP contribution in [0.5, 0.6) is 0 Å². The van der Waals surface area contributed by atoms with Gasteiger partial charge in [0.25, 0.3) is 0 Å². The van der Waals surface area contributed by atoms with E-state index in [0.717, 1.165) is 30.5 Å². The molecule has 2 bridgehead atoms. The molecular formula is C16H23FN2. The molecule has 2 aliphatic rings. The van der Waals surface area contributed by atoms with Crippen molar-refractivity contribution in [3.8, 4) is 0 Å². The molecule has 0 saturated carbocycles. The molecule has 2 atom stereocenters. The fourth-order valence-corrected chi connectivity index (χ4v) is 3.91. The van der Waals surface area contributed by atoms with Gasteiger partial charge in [-0.05, 0) is 56.2 Å². The van der Waals surface area contributed by atoms with Gasteiger partial charge in [0.15, 0.2) is 0 Å². The van der Waals surface area contributed by atoms with Gasteiger partial charge in [-0.15, -0.1) is 0 Å². The van der Waals surface area contributed by atoms with Crippen molar-refractivity contribution in [1.82, 2.24) is 4.90 Å². The molecule has 2 aliphatic heterocycles. The number of piperidine rings is 1. The quantitative estimate of drug-likeness (QED) is 0.888. The van der Waals surface area contributed by atoms with Crippen LogP contribution in [0.3, 0.4) is 0 Å². The lowest BCUT2D eigenvalue weighted by Gasteiger charge is -2.37. The monoisotopic (exact) mass is 262 g/mol. The first-order valence-corrected chi connectivity index (χ1v) is 7.31. The zero-order valence-corrected chi connectivity index (χ0v) is 11.8. The van der Waals surface area contributed by atoms with Crippen LogP contribution >= 0.6 is 0 Å².